The summed E-state index contributed by atoms with van der Waals surface area (Å²) in [5.41, 5.74) is 7.39. The van der Waals surface area contributed by atoms with Gasteiger partial charge in [-0.15, -0.1) is 0 Å². The fraction of sp³-hybridized carbons (Fsp3) is 0.235. The largest absolute Gasteiger partial charge is 0.481 e. The third-order valence-corrected chi connectivity index (χ3v) is 3.91. The summed E-state index contributed by atoms with van der Waals surface area (Å²) in [7, 11) is 1.48. The smallest absolute Gasteiger partial charge is 0.230 e. The quantitative estimate of drug-likeness (QED) is 0.863. The van der Waals surface area contributed by atoms with Gasteiger partial charge in [0.2, 0.25) is 11.8 Å². The van der Waals surface area contributed by atoms with Gasteiger partial charge in [0.25, 0.3) is 0 Å². The second-order valence-corrected chi connectivity index (χ2v) is 5.41. The number of carbonyl (C=O) groups is 2. The van der Waals surface area contributed by atoms with Crippen molar-refractivity contribution in [1.29, 1.82) is 0 Å². The lowest BCUT2D eigenvalue weighted by Gasteiger charge is -2.33. The lowest BCUT2D eigenvalue weighted by atomic mass is 9.93. The number of rotatable bonds is 4. The average molecular weight is 311 g/mol. The Labute approximate surface area is 133 Å². The molecule has 0 saturated heterocycles. The Bertz CT molecular complexity index is 746. The van der Waals surface area contributed by atoms with Crippen molar-refractivity contribution >= 4 is 17.4 Å². The fourth-order valence-electron chi connectivity index (χ4n) is 2.72. The summed E-state index contributed by atoms with van der Waals surface area (Å²) in [6.45, 7) is 0.822. The van der Waals surface area contributed by atoms with Gasteiger partial charge in [-0.05, 0) is 11.6 Å². The minimum Gasteiger partial charge on any atom is -0.481 e. The maximum atomic E-state index is 12.5. The van der Waals surface area contributed by atoms with E-state index in [1.807, 2.05) is 35.2 Å². The molecule has 0 fully saturated rings. The maximum absolute atomic E-state index is 12.5. The normalized spacial score (nSPS) is 16.8. The molecule has 0 bridgehead atoms. The van der Waals surface area contributed by atoms with Crippen LogP contribution in [0, 0.1) is 5.92 Å². The number of hydrogen-bond acceptors (Lipinski definition) is 5. The third-order valence-electron chi connectivity index (χ3n) is 3.91. The standard InChI is InChI=1S/C17H17N3O3/c1-23-14-8-7-13-15(19-14)16(21)12(17(18)22)10-20(13)9-11-5-3-2-4-6-11/h2-8,12H,9-10H2,1H3,(H2,18,22). The molecular weight excluding hydrogens is 294 g/mol. The first kappa shape index (κ1) is 15.0. The number of ketones is 1. The molecular formula is C17H17N3O3. The van der Waals surface area contributed by atoms with Crippen LogP contribution in [0.25, 0.3) is 0 Å². The van der Waals surface area contributed by atoms with Crippen LogP contribution in [0.5, 0.6) is 5.88 Å². The Morgan fingerprint density at radius 3 is 2.70 bits per heavy atom. The van der Waals surface area contributed by atoms with Crippen molar-refractivity contribution < 1.29 is 14.3 Å². The van der Waals surface area contributed by atoms with Crippen molar-refractivity contribution in [3.8, 4) is 5.88 Å². The highest BCUT2D eigenvalue weighted by Crippen LogP contribution is 2.31. The SMILES string of the molecule is COc1ccc2c(n1)C(=O)C(C(N)=O)CN2Cc1ccccc1. The van der Waals surface area contributed by atoms with E-state index in [1.54, 1.807) is 12.1 Å². The summed E-state index contributed by atoms with van der Waals surface area (Å²) in [5.74, 6) is -1.55. The van der Waals surface area contributed by atoms with Crippen LogP contribution in [0.15, 0.2) is 42.5 Å². The molecule has 0 aliphatic carbocycles. The molecule has 23 heavy (non-hydrogen) atoms. The zero-order valence-electron chi connectivity index (χ0n) is 12.7. The number of pyridine rings is 1. The number of methoxy groups -OCH3 is 1. The van der Waals surface area contributed by atoms with Gasteiger partial charge in [-0.25, -0.2) is 4.98 Å². The van der Waals surface area contributed by atoms with Crippen LogP contribution in [0.3, 0.4) is 0 Å². The Balaban J connectivity index is 2.01. The number of nitrogens with two attached hydrogens (primary N) is 1. The van der Waals surface area contributed by atoms with Crippen LogP contribution in [0.1, 0.15) is 16.1 Å². The highest BCUT2D eigenvalue weighted by Gasteiger charge is 2.36. The van der Waals surface area contributed by atoms with Crippen molar-refractivity contribution in [2.75, 3.05) is 18.6 Å². The van der Waals surface area contributed by atoms with Crippen LogP contribution >= 0.6 is 0 Å². The van der Waals surface area contributed by atoms with Crippen LogP contribution < -0.4 is 15.4 Å². The first-order chi connectivity index (χ1) is 11.1. The molecule has 118 valence electrons. The monoisotopic (exact) mass is 311 g/mol. The van der Waals surface area contributed by atoms with Crippen LogP contribution in [-0.2, 0) is 11.3 Å². The zero-order valence-corrected chi connectivity index (χ0v) is 12.7. The molecule has 6 heteroatoms. The van der Waals surface area contributed by atoms with E-state index in [4.69, 9.17) is 10.5 Å². The lowest BCUT2D eigenvalue weighted by Crippen LogP contribution is -2.45. The molecule has 2 N–H and O–H groups in total. The summed E-state index contributed by atoms with van der Waals surface area (Å²) < 4.78 is 5.08. The van der Waals surface area contributed by atoms with Gasteiger partial charge in [0.1, 0.15) is 11.6 Å². The van der Waals surface area contributed by atoms with Gasteiger partial charge in [0, 0.05) is 19.2 Å². The molecule has 2 heterocycles. The highest BCUT2D eigenvalue weighted by atomic mass is 16.5. The molecule has 0 radical (unpaired) electrons. The third kappa shape index (κ3) is 2.88. The van der Waals surface area contributed by atoms with Gasteiger partial charge in [0.15, 0.2) is 5.78 Å². The molecule has 1 aliphatic heterocycles. The second-order valence-electron chi connectivity index (χ2n) is 5.41. The van der Waals surface area contributed by atoms with Gasteiger partial charge >= 0.3 is 0 Å². The van der Waals surface area contributed by atoms with Crippen molar-refractivity contribution in [2.24, 2.45) is 11.7 Å². The number of benzene rings is 1. The highest BCUT2D eigenvalue weighted by molar-refractivity contribution is 6.13. The topological polar surface area (TPSA) is 85.5 Å². The van der Waals surface area contributed by atoms with E-state index in [1.165, 1.54) is 7.11 Å². The van der Waals surface area contributed by atoms with E-state index in [9.17, 15) is 9.59 Å². The number of aromatic nitrogens is 1. The summed E-state index contributed by atoms with van der Waals surface area (Å²) in [6.07, 6.45) is 0. The second kappa shape index (κ2) is 6.08. The first-order valence-electron chi connectivity index (χ1n) is 7.27. The average Bonchev–Trinajstić information content (AvgIpc) is 2.57. The first-order valence-corrected chi connectivity index (χ1v) is 7.27. The number of primary amides is 1. The number of fused-ring (bicyclic) bond motifs is 1. The van der Waals surface area contributed by atoms with Gasteiger partial charge in [-0.3, -0.25) is 9.59 Å². The van der Waals surface area contributed by atoms with E-state index in [0.717, 1.165) is 5.56 Å². The lowest BCUT2D eigenvalue weighted by molar-refractivity contribution is -0.120. The van der Waals surface area contributed by atoms with E-state index in [0.29, 0.717) is 18.1 Å². The summed E-state index contributed by atoms with van der Waals surface area (Å²) >= 11 is 0. The number of amides is 1. The number of anilines is 1. The van der Waals surface area contributed by atoms with Gasteiger partial charge < -0.3 is 15.4 Å². The molecule has 0 saturated carbocycles. The number of carbonyl (C=O) groups excluding carboxylic acids is 2. The molecule has 2 aromatic rings. The molecule has 1 unspecified atom stereocenters. The Morgan fingerprint density at radius 1 is 1.30 bits per heavy atom. The van der Waals surface area contributed by atoms with Crippen molar-refractivity contribution in [3.05, 3.63) is 53.7 Å². The molecule has 1 aliphatic rings. The Morgan fingerprint density at radius 2 is 2.04 bits per heavy atom. The van der Waals surface area contributed by atoms with Crippen LogP contribution in [0.4, 0.5) is 5.69 Å². The van der Waals surface area contributed by atoms with Crippen LogP contribution in [0.2, 0.25) is 0 Å². The minimum absolute atomic E-state index is 0.232. The van der Waals surface area contributed by atoms with E-state index in [2.05, 4.69) is 4.98 Å². The molecule has 1 aromatic carbocycles. The molecule has 1 aromatic heterocycles. The molecule has 0 spiro atoms. The number of nitrogens with zero attached hydrogens (tertiary/aromatic N) is 2. The predicted octanol–water partition coefficient (Wildman–Crippen LogP) is 1.39. The van der Waals surface area contributed by atoms with Crippen LogP contribution in [-0.4, -0.2) is 30.3 Å². The number of ether oxygens (including phenoxy) is 1. The molecule has 1 amide bonds. The summed E-state index contributed by atoms with van der Waals surface area (Å²) in [4.78, 5) is 30.3. The van der Waals surface area contributed by atoms with Crippen molar-refractivity contribution in [1.82, 2.24) is 4.98 Å². The summed E-state index contributed by atoms with van der Waals surface area (Å²) in [6, 6.07) is 13.3. The van der Waals surface area contributed by atoms with Gasteiger partial charge in [-0.2, -0.15) is 0 Å². The minimum atomic E-state index is -0.897. The van der Waals surface area contributed by atoms with Gasteiger partial charge in [-0.1, -0.05) is 30.3 Å². The van der Waals surface area contributed by atoms with E-state index < -0.39 is 11.8 Å². The molecule has 6 nitrogen and oxygen atoms in total. The van der Waals surface area contributed by atoms with Gasteiger partial charge in [0.05, 0.1) is 12.8 Å². The zero-order chi connectivity index (χ0) is 16.4. The molecule has 3 rings (SSSR count). The number of hydrogen-bond donors (Lipinski definition) is 1. The van der Waals surface area contributed by atoms with Crippen molar-refractivity contribution in [2.45, 2.75) is 6.54 Å². The maximum Gasteiger partial charge on any atom is 0.230 e. The molecule has 1 atom stereocenters. The Kier molecular flexibility index (Phi) is 3.97. The number of Topliss-reactive ketones (excluding diaryl/α,β-unsaturated/α-hetero) is 1. The Hall–Kier alpha value is -2.89. The fourth-order valence-corrected chi connectivity index (χ4v) is 2.72. The predicted molar refractivity (Wildman–Crippen MR) is 85.3 cm³/mol. The van der Waals surface area contributed by atoms with Crippen molar-refractivity contribution in [3.63, 3.8) is 0 Å². The van der Waals surface area contributed by atoms with E-state index in [-0.39, 0.29) is 18.0 Å². The summed E-state index contributed by atoms with van der Waals surface area (Å²) in [5, 5.41) is 0. The van der Waals surface area contributed by atoms with E-state index >= 15 is 0 Å².